The average Bonchev–Trinajstić information content (AvgIpc) is 2.13. The SMILES string of the molecule is Cc1scnc1[C@H](C)N. The quantitative estimate of drug-likeness (QED) is 0.645. The molecule has 0 bridgehead atoms. The second-order valence-corrected chi connectivity index (χ2v) is 3.14. The molecule has 1 rings (SSSR count). The van der Waals surface area contributed by atoms with E-state index in [4.69, 9.17) is 5.73 Å². The lowest BCUT2D eigenvalue weighted by Gasteiger charge is -1.99. The van der Waals surface area contributed by atoms with Crippen LogP contribution in [0.1, 0.15) is 23.5 Å². The van der Waals surface area contributed by atoms with Gasteiger partial charge in [0.1, 0.15) is 0 Å². The van der Waals surface area contributed by atoms with Gasteiger partial charge in [-0.15, -0.1) is 11.3 Å². The third-order valence-corrected chi connectivity index (χ3v) is 1.99. The third kappa shape index (κ3) is 1.28. The Morgan fingerprint density at radius 3 is 2.67 bits per heavy atom. The maximum absolute atomic E-state index is 5.60. The van der Waals surface area contributed by atoms with Crippen LogP contribution in [0, 0.1) is 6.92 Å². The molecule has 0 saturated carbocycles. The first-order valence-electron chi connectivity index (χ1n) is 2.87. The van der Waals surface area contributed by atoms with Crippen LogP contribution < -0.4 is 5.73 Å². The van der Waals surface area contributed by atoms with Crippen LogP contribution in [0.15, 0.2) is 5.51 Å². The number of thiazole rings is 1. The Hall–Kier alpha value is -0.410. The minimum absolute atomic E-state index is 0.0799. The molecule has 0 aliphatic rings. The highest BCUT2D eigenvalue weighted by Gasteiger charge is 2.04. The van der Waals surface area contributed by atoms with Crippen LogP contribution in [0.5, 0.6) is 0 Å². The lowest BCUT2D eigenvalue weighted by atomic mass is 10.2. The normalized spacial score (nSPS) is 13.7. The molecule has 0 aliphatic carbocycles. The molecular weight excluding hydrogens is 132 g/mol. The number of hydrogen-bond acceptors (Lipinski definition) is 3. The Morgan fingerprint density at radius 2 is 2.44 bits per heavy atom. The first-order chi connectivity index (χ1) is 4.22. The molecule has 0 amide bonds. The molecule has 3 heteroatoms. The monoisotopic (exact) mass is 142 g/mol. The maximum Gasteiger partial charge on any atom is 0.0798 e. The van der Waals surface area contributed by atoms with E-state index >= 15 is 0 Å². The lowest BCUT2D eigenvalue weighted by molar-refractivity contribution is 0.782. The topological polar surface area (TPSA) is 38.9 Å². The molecule has 1 atom stereocenters. The van der Waals surface area contributed by atoms with Crippen molar-refractivity contribution in [1.29, 1.82) is 0 Å². The molecule has 1 aromatic heterocycles. The summed E-state index contributed by atoms with van der Waals surface area (Å²) >= 11 is 1.64. The molecule has 0 aliphatic heterocycles. The highest BCUT2D eigenvalue weighted by Crippen LogP contribution is 2.16. The van der Waals surface area contributed by atoms with Gasteiger partial charge in [0.05, 0.1) is 11.2 Å². The number of rotatable bonds is 1. The number of nitrogens with zero attached hydrogens (tertiary/aromatic N) is 1. The van der Waals surface area contributed by atoms with Crippen molar-refractivity contribution >= 4 is 11.3 Å². The van der Waals surface area contributed by atoms with Crippen molar-refractivity contribution in [3.05, 3.63) is 16.1 Å². The molecule has 2 nitrogen and oxygen atoms in total. The van der Waals surface area contributed by atoms with Crippen molar-refractivity contribution < 1.29 is 0 Å². The van der Waals surface area contributed by atoms with Gasteiger partial charge in [-0.1, -0.05) is 0 Å². The van der Waals surface area contributed by atoms with Crippen molar-refractivity contribution in [2.24, 2.45) is 5.73 Å². The highest BCUT2D eigenvalue weighted by atomic mass is 32.1. The van der Waals surface area contributed by atoms with Gasteiger partial charge in [0, 0.05) is 10.9 Å². The van der Waals surface area contributed by atoms with E-state index in [1.807, 2.05) is 19.4 Å². The fourth-order valence-electron chi connectivity index (χ4n) is 0.752. The summed E-state index contributed by atoms with van der Waals surface area (Å²) in [6.07, 6.45) is 0. The standard InChI is InChI=1S/C6H10N2S/c1-4(7)6-5(2)9-3-8-6/h3-4H,7H2,1-2H3/t4-/m0/s1. The molecule has 50 valence electrons. The molecule has 0 saturated heterocycles. The van der Waals surface area contributed by atoms with Crippen molar-refractivity contribution in [2.45, 2.75) is 19.9 Å². The maximum atomic E-state index is 5.60. The Labute approximate surface area is 58.7 Å². The van der Waals surface area contributed by atoms with Crippen LogP contribution in [0.25, 0.3) is 0 Å². The number of aryl methyl sites for hydroxylation is 1. The largest absolute Gasteiger partial charge is 0.323 e. The van der Waals surface area contributed by atoms with E-state index in [0.29, 0.717) is 0 Å². The van der Waals surface area contributed by atoms with Crippen LogP contribution in [0.4, 0.5) is 0 Å². The van der Waals surface area contributed by atoms with Gasteiger partial charge in [0.25, 0.3) is 0 Å². The molecule has 1 heterocycles. The summed E-state index contributed by atoms with van der Waals surface area (Å²) in [5.74, 6) is 0. The zero-order chi connectivity index (χ0) is 6.85. The molecule has 1 aromatic rings. The van der Waals surface area contributed by atoms with Crippen molar-refractivity contribution in [3.63, 3.8) is 0 Å². The summed E-state index contributed by atoms with van der Waals surface area (Å²) in [6.45, 7) is 3.98. The van der Waals surface area contributed by atoms with Gasteiger partial charge in [0.2, 0.25) is 0 Å². The van der Waals surface area contributed by atoms with Crippen molar-refractivity contribution in [2.75, 3.05) is 0 Å². The van der Waals surface area contributed by atoms with Crippen LogP contribution in [-0.2, 0) is 0 Å². The van der Waals surface area contributed by atoms with Gasteiger partial charge in [-0.2, -0.15) is 0 Å². The summed E-state index contributed by atoms with van der Waals surface area (Å²) in [7, 11) is 0. The lowest BCUT2D eigenvalue weighted by Crippen LogP contribution is -2.06. The summed E-state index contributed by atoms with van der Waals surface area (Å²) in [4.78, 5) is 5.34. The van der Waals surface area contributed by atoms with Crippen LogP contribution in [0.3, 0.4) is 0 Å². The van der Waals surface area contributed by atoms with Gasteiger partial charge in [0.15, 0.2) is 0 Å². The molecule has 0 radical (unpaired) electrons. The Kier molecular flexibility index (Phi) is 1.83. The first kappa shape index (κ1) is 6.71. The Bertz CT molecular complexity index is 193. The van der Waals surface area contributed by atoms with Gasteiger partial charge in [-0.05, 0) is 13.8 Å². The van der Waals surface area contributed by atoms with Crippen LogP contribution >= 0.6 is 11.3 Å². The fraction of sp³-hybridized carbons (Fsp3) is 0.500. The van der Waals surface area contributed by atoms with E-state index in [0.717, 1.165) is 5.69 Å². The van der Waals surface area contributed by atoms with Gasteiger partial charge in [-0.25, -0.2) is 4.98 Å². The van der Waals surface area contributed by atoms with Crippen molar-refractivity contribution in [1.82, 2.24) is 4.98 Å². The van der Waals surface area contributed by atoms with Crippen LogP contribution in [-0.4, -0.2) is 4.98 Å². The zero-order valence-corrected chi connectivity index (χ0v) is 6.40. The highest BCUT2D eigenvalue weighted by molar-refractivity contribution is 7.09. The van der Waals surface area contributed by atoms with E-state index < -0.39 is 0 Å². The minimum atomic E-state index is 0.0799. The molecule has 9 heavy (non-hydrogen) atoms. The van der Waals surface area contributed by atoms with Gasteiger partial charge in [-0.3, -0.25) is 0 Å². The smallest absolute Gasteiger partial charge is 0.0798 e. The second kappa shape index (κ2) is 2.45. The van der Waals surface area contributed by atoms with E-state index in [9.17, 15) is 0 Å². The molecule has 0 fully saturated rings. The van der Waals surface area contributed by atoms with E-state index in [1.165, 1.54) is 4.88 Å². The van der Waals surface area contributed by atoms with Gasteiger partial charge >= 0.3 is 0 Å². The van der Waals surface area contributed by atoms with E-state index in [-0.39, 0.29) is 6.04 Å². The summed E-state index contributed by atoms with van der Waals surface area (Å²) in [5, 5.41) is 0. The average molecular weight is 142 g/mol. The Balaban J connectivity index is 2.94. The second-order valence-electron chi connectivity index (χ2n) is 2.08. The fourth-order valence-corrected chi connectivity index (χ4v) is 1.44. The Morgan fingerprint density at radius 1 is 1.78 bits per heavy atom. The number of hydrogen-bond donors (Lipinski definition) is 1. The van der Waals surface area contributed by atoms with Crippen molar-refractivity contribution in [3.8, 4) is 0 Å². The summed E-state index contributed by atoms with van der Waals surface area (Å²) in [5.41, 5.74) is 8.46. The molecule has 0 aromatic carbocycles. The van der Waals surface area contributed by atoms with E-state index in [2.05, 4.69) is 4.98 Å². The predicted octanol–water partition coefficient (Wildman–Crippen LogP) is 1.47. The summed E-state index contributed by atoms with van der Waals surface area (Å²) < 4.78 is 0. The van der Waals surface area contributed by atoms with E-state index in [1.54, 1.807) is 11.3 Å². The zero-order valence-electron chi connectivity index (χ0n) is 5.59. The molecule has 0 spiro atoms. The molecule has 2 N–H and O–H groups in total. The first-order valence-corrected chi connectivity index (χ1v) is 3.75. The summed E-state index contributed by atoms with van der Waals surface area (Å²) in [6, 6.07) is 0.0799. The third-order valence-electron chi connectivity index (χ3n) is 1.21. The molecule has 0 unspecified atom stereocenters. The molecular formula is C6H10N2S. The predicted molar refractivity (Wildman–Crippen MR) is 39.5 cm³/mol. The van der Waals surface area contributed by atoms with Crippen LogP contribution in [0.2, 0.25) is 0 Å². The minimum Gasteiger partial charge on any atom is -0.323 e. The number of aromatic nitrogens is 1. The van der Waals surface area contributed by atoms with Gasteiger partial charge < -0.3 is 5.73 Å². The number of nitrogens with two attached hydrogens (primary N) is 1.